The zero-order valence-electron chi connectivity index (χ0n) is 28.4. The Bertz CT molecular complexity index is 1630. The fourth-order valence-electron chi connectivity index (χ4n) is 7.63. The smallest absolute Gasteiger partial charge is 0.410 e. The van der Waals surface area contributed by atoms with Gasteiger partial charge in [-0.15, -0.1) is 0 Å². The minimum atomic E-state index is -3.93. The highest BCUT2D eigenvalue weighted by Crippen LogP contribution is 2.45. The Labute approximate surface area is 292 Å². The number of sulfonamides is 1. The van der Waals surface area contributed by atoms with E-state index in [1.165, 1.54) is 4.90 Å². The molecule has 0 unspecified atom stereocenters. The van der Waals surface area contributed by atoms with Crippen LogP contribution < -0.4 is 15.4 Å². The molecule has 1 aromatic rings. The third kappa shape index (κ3) is 8.41. The summed E-state index contributed by atoms with van der Waals surface area (Å²) in [4.78, 5) is 71.0. The van der Waals surface area contributed by atoms with E-state index in [1.54, 1.807) is 4.90 Å². The molecule has 0 aromatic heterocycles. The lowest BCUT2D eigenvalue weighted by Gasteiger charge is -2.30. The molecule has 5 atom stereocenters. The summed E-state index contributed by atoms with van der Waals surface area (Å²) in [5.41, 5.74) is 0.663. The van der Waals surface area contributed by atoms with Gasteiger partial charge >= 0.3 is 12.2 Å². The third-order valence-electron chi connectivity index (χ3n) is 10.4. The summed E-state index contributed by atoms with van der Waals surface area (Å²) >= 11 is 0. The van der Waals surface area contributed by atoms with Gasteiger partial charge in [0, 0.05) is 25.4 Å². The van der Waals surface area contributed by atoms with Crippen molar-refractivity contribution in [3.05, 3.63) is 47.5 Å². The summed E-state index contributed by atoms with van der Waals surface area (Å²) in [6, 6.07) is 5.71. The average Bonchev–Trinajstić information content (AvgIpc) is 3.35. The van der Waals surface area contributed by atoms with Gasteiger partial charge in [0.15, 0.2) is 0 Å². The summed E-state index contributed by atoms with van der Waals surface area (Å²) in [6.07, 6.45) is 9.74. The van der Waals surface area contributed by atoms with Gasteiger partial charge in [-0.25, -0.2) is 18.0 Å². The lowest BCUT2D eigenvalue weighted by atomic mass is 10.0. The van der Waals surface area contributed by atoms with E-state index in [9.17, 15) is 32.4 Å². The van der Waals surface area contributed by atoms with Crippen molar-refractivity contribution in [3.8, 4) is 0 Å². The van der Waals surface area contributed by atoms with Crippen LogP contribution in [0.5, 0.6) is 0 Å². The first-order chi connectivity index (χ1) is 23.9. The number of amides is 5. The SMILES string of the molecule is CS(=O)(=O)NC(=O)[C@@]12C[C@H]1/C=C\CCCCC[C@H](NC(=O)OC1CCCC1)C(=O)N1C[C@H](OC(=O)N3CCc4ccccc4C3)C[C@H]1C(=O)N2. The molecule has 5 aliphatic rings. The van der Waals surface area contributed by atoms with Gasteiger partial charge in [-0.05, 0) is 68.9 Å². The topological polar surface area (TPSA) is 181 Å². The van der Waals surface area contributed by atoms with Crippen molar-refractivity contribution in [1.29, 1.82) is 0 Å². The molecule has 0 bridgehead atoms. The predicted octanol–water partition coefficient (Wildman–Crippen LogP) is 2.66. The van der Waals surface area contributed by atoms with Crippen LogP contribution in [0.25, 0.3) is 0 Å². The second kappa shape index (κ2) is 15.0. The Morgan fingerprint density at radius 3 is 2.46 bits per heavy atom. The minimum Gasteiger partial charge on any atom is -0.446 e. The molecule has 15 heteroatoms. The fraction of sp³-hybridized carbons (Fsp3) is 0.629. The second-order valence-corrected chi connectivity index (χ2v) is 16.0. The fourth-order valence-corrected chi connectivity index (χ4v) is 8.15. The number of hydrogen-bond acceptors (Lipinski definition) is 9. The van der Waals surface area contributed by atoms with Gasteiger partial charge in [-0.1, -0.05) is 49.3 Å². The van der Waals surface area contributed by atoms with Gasteiger partial charge in [0.25, 0.3) is 5.91 Å². The van der Waals surface area contributed by atoms with Crippen LogP contribution in [0.2, 0.25) is 0 Å². The normalized spacial score (nSPS) is 29.6. The number of allylic oxidation sites excluding steroid dienone is 1. The second-order valence-electron chi connectivity index (χ2n) is 14.2. The number of nitrogens with zero attached hydrogens (tertiary/aromatic N) is 2. The Morgan fingerprint density at radius 1 is 0.960 bits per heavy atom. The van der Waals surface area contributed by atoms with Crippen LogP contribution in [-0.4, -0.2) is 97.3 Å². The highest BCUT2D eigenvalue weighted by Gasteiger charge is 2.61. The number of carbonyl (C=O) groups excluding carboxylic acids is 5. The monoisotopic (exact) mass is 713 g/mol. The number of rotatable bonds is 5. The molecule has 6 rings (SSSR count). The quantitative estimate of drug-likeness (QED) is 0.387. The Morgan fingerprint density at radius 2 is 1.70 bits per heavy atom. The average molecular weight is 714 g/mol. The molecule has 1 aromatic carbocycles. The number of hydrogen-bond donors (Lipinski definition) is 3. The van der Waals surface area contributed by atoms with Crippen LogP contribution >= 0.6 is 0 Å². The molecule has 0 spiro atoms. The predicted molar refractivity (Wildman–Crippen MR) is 181 cm³/mol. The molecule has 2 saturated carbocycles. The van der Waals surface area contributed by atoms with Crippen LogP contribution in [0.1, 0.15) is 81.8 Å². The lowest BCUT2D eigenvalue weighted by molar-refractivity contribution is -0.141. The largest absolute Gasteiger partial charge is 0.446 e. The molecule has 1 saturated heterocycles. The van der Waals surface area contributed by atoms with E-state index in [1.807, 2.05) is 41.1 Å². The molecule has 272 valence electrons. The van der Waals surface area contributed by atoms with E-state index in [2.05, 4.69) is 10.6 Å². The van der Waals surface area contributed by atoms with Crippen molar-refractivity contribution >= 4 is 39.9 Å². The van der Waals surface area contributed by atoms with Crippen LogP contribution in [0.4, 0.5) is 9.59 Å². The maximum Gasteiger partial charge on any atom is 0.410 e. The number of carbonyl (C=O) groups is 5. The van der Waals surface area contributed by atoms with Gasteiger partial charge in [0.2, 0.25) is 21.8 Å². The van der Waals surface area contributed by atoms with Crippen LogP contribution in [0, 0.1) is 5.92 Å². The number of fused-ring (bicyclic) bond motifs is 3. The van der Waals surface area contributed by atoms with Gasteiger partial charge in [-0.2, -0.15) is 0 Å². The standard InChI is InChI=1S/C35H47N5O9S/c1-50(46,47)38-32(43)35-20-25(35)13-5-3-2-4-6-16-28(36-33(44)48-26-14-9-10-15-26)31(42)40-22-27(19-29(40)30(41)37-35)49-34(45)39-18-17-23-11-7-8-12-24(23)21-39/h5,7-8,11-13,25-29H,2-4,6,9-10,14-22H2,1H3,(H,36,44)(H,37,41)(H,38,43)/b13-5-/t25-,27-,28+,29+,35-/m1/s1. The van der Waals surface area contributed by atoms with Crippen molar-refractivity contribution in [1.82, 2.24) is 25.2 Å². The highest BCUT2D eigenvalue weighted by atomic mass is 32.2. The summed E-state index contributed by atoms with van der Waals surface area (Å²) in [7, 11) is -3.93. The van der Waals surface area contributed by atoms with Crippen LogP contribution in [0.15, 0.2) is 36.4 Å². The van der Waals surface area contributed by atoms with Crippen LogP contribution in [-0.2, 0) is 46.8 Å². The van der Waals surface area contributed by atoms with E-state index in [-0.39, 0.29) is 25.5 Å². The first-order valence-electron chi connectivity index (χ1n) is 17.7. The Kier molecular flexibility index (Phi) is 10.7. The van der Waals surface area contributed by atoms with Gasteiger partial charge < -0.3 is 29.9 Å². The summed E-state index contributed by atoms with van der Waals surface area (Å²) in [5, 5.41) is 5.54. The van der Waals surface area contributed by atoms with Gasteiger partial charge in [-0.3, -0.25) is 19.1 Å². The van der Waals surface area contributed by atoms with Crippen molar-refractivity contribution < 1.29 is 41.9 Å². The van der Waals surface area contributed by atoms with Gasteiger partial charge in [0.05, 0.1) is 12.8 Å². The minimum absolute atomic E-state index is 0.0444. The first kappa shape index (κ1) is 35.7. The molecule has 3 heterocycles. The number of nitrogens with one attached hydrogen (secondary N) is 3. The third-order valence-corrected chi connectivity index (χ3v) is 11.0. The number of benzene rings is 1. The Balaban J connectivity index is 1.23. The van der Waals surface area contributed by atoms with Crippen molar-refractivity contribution in [2.75, 3.05) is 19.3 Å². The first-order valence-corrected chi connectivity index (χ1v) is 19.6. The van der Waals surface area contributed by atoms with Crippen molar-refractivity contribution in [2.24, 2.45) is 5.92 Å². The van der Waals surface area contributed by atoms with E-state index in [4.69, 9.17) is 9.47 Å². The molecule has 5 amide bonds. The van der Waals surface area contributed by atoms with Crippen molar-refractivity contribution in [2.45, 2.75) is 113 Å². The molecule has 14 nitrogen and oxygen atoms in total. The summed E-state index contributed by atoms with van der Waals surface area (Å²) < 4.78 is 37.6. The molecule has 0 radical (unpaired) electrons. The maximum absolute atomic E-state index is 14.3. The highest BCUT2D eigenvalue weighted by molar-refractivity contribution is 7.89. The molecule has 3 N–H and O–H groups in total. The van der Waals surface area contributed by atoms with E-state index >= 15 is 0 Å². The lowest BCUT2D eigenvalue weighted by Crippen LogP contribution is -2.58. The summed E-state index contributed by atoms with van der Waals surface area (Å²) in [6.45, 7) is 0.724. The number of ether oxygens (including phenoxy) is 2. The van der Waals surface area contributed by atoms with Crippen molar-refractivity contribution in [3.63, 3.8) is 0 Å². The van der Waals surface area contributed by atoms with E-state index < -0.39 is 69.6 Å². The zero-order valence-corrected chi connectivity index (χ0v) is 29.3. The van der Waals surface area contributed by atoms with Gasteiger partial charge in [0.1, 0.15) is 29.8 Å². The molecule has 50 heavy (non-hydrogen) atoms. The molecule has 3 aliphatic heterocycles. The zero-order chi connectivity index (χ0) is 35.5. The molecular formula is C35H47N5O9S. The van der Waals surface area contributed by atoms with E-state index in [0.29, 0.717) is 38.8 Å². The molecular weight excluding hydrogens is 666 g/mol. The molecule has 2 aliphatic carbocycles. The summed E-state index contributed by atoms with van der Waals surface area (Å²) in [5.74, 6) is -2.50. The van der Waals surface area contributed by atoms with Crippen LogP contribution in [0.3, 0.4) is 0 Å². The molecule has 3 fully saturated rings. The Hall–Kier alpha value is -4.14. The maximum atomic E-state index is 14.3. The number of alkyl carbamates (subject to hydrolysis) is 1. The van der Waals surface area contributed by atoms with E-state index in [0.717, 1.165) is 55.9 Å².